The second-order valence-corrected chi connectivity index (χ2v) is 18.3. The van der Waals surface area contributed by atoms with Gasteiger partial charge in [-0.25, -0.2) is 0 Å². The molecule has 0 saturated carbocycles. The van der Waals surface area contributed by atoms with Crippen molar-refractivity contribution < 1.29 is 79.3 Å². The molecule has 16 nitrogen and oxygen atoms in total. The summed E-state index contributed by atoms with van der Waals surface area (Å²) in [4.78, 5) is 59.7. The Labute approximate surface area is 324 Å². The largest absolute Gasteiger partial charge is 0.746 e. The van der Waals surface area contributed by atoms with Gasteiger partial charge in [0.25, 0.3) is 0 Å². The monoisotopic (exact) mass is 837 g/mol. The molecule has 0 heterocycles. The highest BCUT2D eigenvalue weighted by Gasteiger charge is 2.23. The lowest BCUT2D eigenvalue weighted by molar-refractivity contribution is -0.255. The first-order valence-electron chi connectivity index (χ1n) is 17.5. The molecule has 3 unspecified atom stereocenters. The quantitative estimate of drug-likeness (QED) is 0.140. The maximum atomic E-state index is 11.0. The molecular formula is C36H62N3O13P3. The second-order valence-electron chi connectivity index (χ2n) is 14.9. The molecule has 3 aromatic carbocycles. The van der Waals surface area contributed by atoms with Crippen molar-refractivity contribution in [3.8, 4) is 17.2 Å². The van der Waals surface area contributed by atoms with Crippen molar-refractivity contribution in [2.75, 3.05) is 0 Å². The zero-order valence-electron chi connectivity index (χ0n) is 33.9. The van der Waals surface area contributed by atoms with Crippen LogP contribution in [0.2, 0.25) is 0 Å². The van der Waals surface area contributed by atoms with Crippen molar-refractivity contribution in [1.82, 2.24) is 0 Å². The summed E-state index contributed by atoms with van der Waals surface area (Å²) in [6.07, 6.45) is 0. The van der Waals surface area contributed by atoms with Gasteiger partial charge in [-0.3, -0.25) is 13.7 Å². The topological polar surface area (TPSA) is 323 Å². The van der Waals surface area contributed by atoms with Crippen molar-refractivity contribution >= 4 is 40.5 Å². The lowest BCUT2D eigenvalue weighted by Gasteiger charge is -2.24. The Bertz CT molecular complexity index is 1560. The molecule has 0 bridgehead atoms. The predicted octanol–water partition coefficient (Wildman–Crippen LogP) is 4.11. The molecule has 19 heteroatoms. The van der Waals surface area contributed by atoms with Crippen LogP contribution in [0.1, 0.15) is 152 Å². The Hall–Kier alpha value is -2.65. The zero-order chi connectivity index (χ0) is 42.3. The smallest absolute Gasteiger partial charge is 0.317 e. The highest BCUT2D eigenvalue weighted by atomic mass is 31.2. The van der Waals surface area contributed by atoms with Gasteiger partial charge in [0, 0.05) is 69.8 Å². The van der Waals surface area contributed by atoms with Gasteiger partial charge in [0.05, 0.1) is 0 Å². The first-order valence-corrected chi connectivity index (χ1v) is 22.0. The van der Waals surface area contributed by atoms with Crippen LogP contribution in [0.3, 0.4) is 0 Å². The van der Waals surface area contributed by atoms with Gasteiger partial charge in [-0.05, 0) is 35.5 Å². The van der Waals surface area contributed by atoms with E-state index in [2.05, 4.69) is 17.2 Å². The number of benzene rings is 3. The zero-order valence-corrected chi connectivity index (χ0v) is 36.6. The minimum atomic E-state index is -4.81. The molecule has 0 aliphatic carbocycles. The van der Waals surface area contributed by atoms with Crippen LogP contribution in [0.5, 0.6) is 17.2 Å². The van der Waals surface area contributed by atoms with Crippen LogP contribution in [0.25, 0.3) is 0 Å². The Kier molecular flexibility index (Phi) is 20.2. The van der Waals surface area contributed by atoms with E-state index in [1.54, 1.807) is 36.4 Å². The van der Waals surface area contributed by atoms with Crippen molar-refractivity contribution in [2.24, 2.45) is 0 Å². The van der Waals surface area contributed by atoms with E-state index in [0.717, 1.165) is 50.4 Å². The highest BCUT2D eigenvalue weighted by molar-refractivity contribution is 7.45. The standard InChI is InChI=1S/3C12H20NO4P.H2O/c3*1-7(2)10-5-9(13)6-11(8(3)4)12(10)17-18(14,15)16;/h3*5-8H,13H2,1-4H3,(H2,14,15,16);1H2. The van der Waals surface area contributed by atoms with E-state index >= 15 is 0 Å². The summed E-state index contributed by atoms with van der Waals surface area (Å²) in [6.45, 7) is 23.2. The average molecular weight is 838 g/mol. The summed E-state index contributed by atoms with van der Waals surface area (Å²) in [7, 11) is -14.4. The summed E-state index contributed by atoms with van der Waals surface area (Å²) in [5, 5.41) is 0. The van der Waals surface area contributed by atoms with Gasteiger partial charge in [-0.15, -0.1) is 0 Å². The molecular weight excluding hydrogens is 775 g/mol. The average Bonchev–Trinajstić information content (AvgIpc) is 2.97. The summed E-state index contributed by atoms with van der Waals surface area (Å²) in [6, 6.07) is 10.7. The molecule has 0 fully saturated rings. The molecule has 0 radical (unpaired) electrons. The summed E-state index contributed by atoms with van der Waals surface area (Å²) < 4.78 is 47.3. The number of phosphoric ester groups is 3. The maximum Gasteiger partial charge on any atom is 0.317 e. The molecule has 0 saturated heterocycles. The summed E-state index contributed by atoms with van der Waals surface area (Å²) in [5.41, 5.74) is 18.4. The van der Waals surface area contributed by atoms with Gasteiger partial charge < -0.3 is 65.6 Å². The SMILES string of the molecule is CC(C)c1cc([NH3+])cc(C(C)C)c1OP(=O)([O-])O.CC(C)c1cc([NH3+])cc(C(C)C)c1OP(=O)([O-])O.CC(C)c1cc([NH3+])cc(C(C)C)c1OP(=O)([O-])O.O. The van der Waals surface area contributed by atoms with Gasteiger partial charge in [0.1, 0.15) is 34.3 Å². The van der Waals surface area contributed by atoms with Crippen molar-refractivity contribution in [3.63, 3.8) is 0 Å². The fourth-order valence-corrected chi connectivity index (χ4v) is 6.78. The van der Waals surface area contributed by atoms with Crippen LogP contribution < -0.4 is 45.5 Å². The van der Waals surface area contributed by atoms with Gasteiger partial charge in [-0.2, -0.15) is 0 Å². The Morgan fingerprint density at radius 3 is 0.636 bits per heavy atom. The lowest BCUT2D eigenvalue weighted by atomic mass is 9.93. The molecule has 3 aromatic rings. The Balaban J connectivity index is 0.000000788. The Morgan fingerprint density at radius 2 is 0.545 bits per heavy atom. The van der Waals surface area contributed by atoms with E-state index in [0.29, 0.717) is 0 Å². The van der Waals surface area contributed by atoms with Crippen LogP contribution in [0.4, 0.5) is 17.1 Å². The van der Waals surface area contributed by atoms with E-state index in [-0.39, 0.29) is 58.2 Å². The highest BCUT2D eigenvalue weighted by Crippen LogP contribution is 2.46. The molecule has 0 spiro atoms. The number of phosphoric acid groups is 3. The Morgan fingerprint density at radius 1 is 0.418 bits per heavy atom. The normalized spacial score (nSPS) is 14.7. The maximum absolute atomic E-state index is 11.0. The van der Waals surface area contributed by atoms with Crippen molar-refractivity contribution in [3.05, 3.63) is 69.8 Å². The second kappa shape index (κ2) is 21.2. The fourth-order valence-electron chi connectivity index (χ4n) is 5.45. The van der Waals surface area contributed by atoms with E-state index in [1.165, 1.54) is 0 Å². The molecule has 314 valence electrons. The third-order valence-electron chi connectivity index (χ3n) is 7.97. The van der Waals surface area contributed by atoms with Gasteiger partial charge in [0.2, 0.25) is 0 Å². The van der Waals surface area contributed by atoms with Crippen LogP contribution >= 0.6 is 23.5 Å². The van der Waals surface area contributed by atoms with Crippen molar-refractivity contribution in [2.45, 2.75) is 119 Å². The number of quaternary nitrogens is 3. The van der Waals surface area contributed by atoms with Crippen LogP contribution in [0, 0.1) is 0 Å². The first kappa shape index (κ1) is 52.3. The minimum absolute atomic E-state index is 0. The molecule has 3 atom stereocenters. The summed E-state index contributed by atoms with van der Waals surface area (Å²) in [5.74, 6) is 1.14. The van der Waals surface area contributed by atoms with Gasteiger partial charge in [0.15, 0.2) is 0 Å². The fraction of sp³-hybridized carbons (Fsp3) is 0.500. The predicted molar refractivity (Wildman–Crippen MR) is 206 cm³/mol. The number of rotatable bonds is 12. The van der Waals surface area contributed by atoms with Crippen molar-refractivity contribution in [1.29, 1.82) is 0 Å². The van der Waals surface area contributed by atoms with Gasteiger partial charge in [-0.1, -0.05) is 83.1 Å². The third kappa shape index (κ3) is 17.6. The molecule has 0 aromatic heterocycles. The van der Waals surface area contributed by atoms with Crippen LogP contribution in [-0.4, -0.2) is 20.2 Å². The first-order chi connectivity index (χ1) is 24.3. The molecule has 14 N–H and O–H groups in total. The van der Waals surface area contributed by atoms with Crippen LogP contribution in [0.15, 0.2) is 36.4 Å². The number of hydrogen-bond acceptors (Lipinski definition) is 9. The molecule has 55 heavy (non-hydrogen) atoms. The van der Waals surface area contributed by atoms with E-state index < -0.39 is 23.5 Å². The van der Waals surface area contributed by atoms with Gasteiger partial charge >= 0.3 is 23.5 Å². The lowest BCUT2D eigenvalue weighted by Crippen LogP contribution is -2.40. The number of hydrogen-bond donors (Lipinski definition) is 6. The molecule has 0 aliphatic rings. The van der Waals surface area contributed by atoms with Crippen LogP contribution in [-0.2, 0) is 13.7 Å². The molecule has 3 rings (SSSR count). The molecule has 0 amide bonds. The minimum Gasteiger partial charge on any atom is -0.746 e. The third-order valence-corrected chi connectivity index (χ3v) is 9.21. The van der Waals surface area contributed by atoms with E-state index in [4.69, 9.17) is 28.3 Å². The van der Waals surface area contributed by atoms with E-state index in [1.807, 2.05) is 83.1 Å². The van der Waals surface area contributed by atoms with E-state index in [9.17, 15) is 28.4 Å². The summed E-state index contributed by atoms with van der Waals surface area (Å²) >= 11 is 0. The molecule has 0 aliphatic heterocycles.